The number of likely N-dealkylation sites (N-methyl/N-ethyl adjacent to an activating group) is 1. The summed E-state index contributed by atoms with van der Waals surface area (Å²) in [6, 6.07) is 1.22. The van der Waals surface area contributed by atoms with Gasteiger partial charge in [0.25, 0.3) is 0 Å². The van der Waals surface area contributed by atoms with E-state index in [9.17, 15) is 4.79 Å². The zero-order valence-electron chi connectivity index (χ0n) is 12.3. The van der Waals surface area contributed by atoms with Crippen LogP contribution in [0.25, 0.3) is 0 Å². The van der Waals surface area contributed by atoms with Crippen molar-refractivity contribution in [3.63, 3.8) is 0 Å². The number of hydrogen-bond donors (Lipinski definition) is 2. The van der Waals surface area contributed by atoms with E-state index < -0.39 is 0 Å². The van der Waals surface area contributed by atoms with Gasteiger partial charge in [-0.25, -0.2) is 0 Å². The molecule has 1 atom stereocenters. The molecule has 0 aromatic carbocycles. The van der Waals surface area contributed by atoms with Crippen molar-refractivity contribution < 1.29 is 4.79 Å². The Labute approximate surface area is 111 Å². The van der Waals surface area contributed by atoms with Gasteiger partial charge in [0.05, 0.1) is 6.54 Å². The second-order valence-electron chi connectivity index (χ2n) is 5.92. The number of hydrogen-bond acceptors (Lipinski definition) is 3. The Kier molecular flexibility index (Phi) is 6.65. The number of nitrogens with one attached hydrogen (secondary N) is 2. The third-order valence-electron chi connectivity index (χ3n) is 3.58. The molecule has 1 aliphatic rings. The highest BCUT2D eigenvalue weighted by molar-refractivity contribution is 5.77. The van der Waals surface area contributed by atoms with Gasteiger partial charge in [0.2, 0.25) is 5.91 Å². The first-order valence-electron chi connectivity index (χ1n) is 7.20. The fourth-order valence-corrected chi connectivity index (χ4v) is 2.72. The van der Waals surface area contributed by atoms with Gasteiger partial charge < -0.3 is 10.6 Å². The monoisotopic (exact) mass is 255 g/mol. The quantitative estimate of drug-likeness (QED) is 0.750. The lowest BCUT2D eigenvalue weighted by Gasteiger charge is -2.33. The van der Waals surface area contributed by atoms with Crippen molar-refractivity contribution >= 4 is 5.91 Å². The summed E-state index contributed by atoms with van der Waals surface area (Å²) in [5.41, 5.74) is 0. The summed E-state index contributed by atoms with van der Waals surface area (Å²) >= 11 is 0. The Bertz CT molecular complexity index is 247. The van der Waals surface area contributed by atoms with Gasteiger partial charge in [0.1, 0.15) is 0 Å². The zero-order chi connectivity index (χ0) is 13.5. The van der Waals surface area contributed by atoms with E-state index in [-0.39, 0.29) is 5.91 Å². The minimum atomic E-state index is 0.120. The van der Waals surface area contributed by atoms with Gasteiger partial charge in [0.15, 0.2) is 0 Å². The molecule has 1 rings (SSSR count). The van der Waals surface area contributed by atoms with Crippen LogP contribution in [0.4, 0.5) is 0 Å². The van der Waals surface area contributed by atoms with Gasteiger partial charge >= 0.3 is 0 Å². The molecule has 106 valence electrons. The van der Waals surface area contributed by atoms with Crippen molar-refractivity contribution in [1.82, 2.24) is 15.5 Å². The molecule has 0 spiro atoms. The highest BCUT2D eigenvalue weighted by atomic mass is 16.1. The summed E-state index contributed by atoms with van der Waals surface area (Å²) in [6.07, 6.45) is 3.54. The summed E-state index contributed by atoms with van der Waals surface area (Å²) in [6.45, 7) is 9.41. The van der Waals surface area contributed by atoms with Gasteiger partial charge in [-0.2, -0.15) is 0 Å². The Morgan fingerprint density at radius 3 is 2.39 bits per heavy atom. The van der Waals surface area contributed by atoms with Gasteiger partial charge in [-0.15, -0.1) is 0 Å². The topological polar surface area (TPSA) is 44.4 Å². The second-order valence-corrected chi connectivity index (χ2v) is 5.92. The SMILES string of the molecule is CNC(=O)CN1CCC(NC(C)CC(C)C)CC1. The van der Waals surface area contributed by atoms with Crippen LogP contribution in [0.3, 0.4) is 0 Å². The largest absolute Gasteiger partial charge is 0.358 e. The fourth-order valence-electron chi connectivity index (χ4n) is 2.72. The maximum Gasteiger partial charge on any atom is 0.233 e. The van der Waals surface area contributed by atoms with Crippen LogP contribution in [0.2, 0.25) is 0 Å². The first-order valence-corrected chi connectivity index (χ1v) is 7.20. The Morgan fingerprint density at radius 2 is 1.89 bits per heavy atom. The molecule has 0 saturated carbocycles. The predicted molar refractivity (Wildman–Crippen MR) is 75.6 cm³/mol. The lowest BCUT2D eigenvalue weighted by atomic mass is 10.0. The summed E-state index contributed by atoms with van der Waals surface area (Å²) < 4.78 is 0. The molecule has 1 aliphatic heterocycles. The number of piperidine rings is 1. The third kappa shape index (κ3) is 5.83. The molecule has 0 bridgehead atoms. The maximum atomic E-state index is 11.3. The molecule has 1 saturated heterocycles. The van der Waals surface area contributed by atoms with Crippen LogP contribution >= 0.6 is 0 Å². The molecule has 0 aromatic heterocycles. The molecule has 0 radical (unpaired) electrons. The second kappa shape index (κ2) is 7.74. The molecular formula is C14H29N3O. The van der Waals surface area contributed by atoms with E-state index in [4.69, 9.17) is 0 Å². The van der Waals surface area contributed by atoms with Crippen molar-refractivity contribution in [3.8, 4) is 0 Å². The van der Waals surface area contributed by atoms with Crippen molar-refractivity contribution in [1.29, 1.82) is 0 Å². The smallest absolute Gasteiger partial charge is 0.233 e. The van der Waals surface area contributed by atoms with E-state index in [1.54, 1.807) is 7.05 Å². The van der Waals surface area contributed by atoms with E-state index >= 15 is 0 Å². The zero-order valence-corrected chi connectivity index (χ0v) is 12.3. The molecule has 2 N–H and O–H groups in total. The fraction of sp³-hybridized carbons (Fsp3) is 0.929. The Morgan fingerprint density at radius 1 is 1.28 bits per heavy atom. The average Bonchev–Trinajstić information content (AvgIpc) is 2.30. The molecule has 1 fully saturated rings. The summed E-state index contributed by atoms with van der Waals surface area (Å²) in [4.78, 5) is 13.5. The van der Waals surface area contributed by atoms with Crippen LogP contribution in [-0.2, 0) is 4.79 Å². The molecule has 1 heterocycles. The number of carbonyl (C=O) groups is 1. The van der Waals surface area contributed by atoms with Crippen molar-refractivity contribution in [2.45, 2.75) is 52.1 Å². The lowest BCUT2D eigenvalue weighted by molar-refractivity contribution is -0.122. The van der Waals surface area contributed by atoms with Crippen molar-refractivity contribution in [2.24, 2.45) is 5.92 Å². The van der Waals surface area contributed by atoms with Gasteiger partial charge in [-0.1, -0.05) is 13.8 Å². The first-order chi connectivity index (χ1) is 8.51. The van der Waals surface area contributed by atoms with Crippen LogP contribution in [-0.4, -0.2) is 49.6 Å². The van der Waals surface area contributed by atoms with E-state index in [1.807, 2.05) is 0 Å². The predicted octanol–water partition coefficient (Wildman–Crippen LogP) is 1.22. The summed E-state index contributed by atoms with van der Waals surface area (Å²) in [7, 11) is 1.70. The average molecular weight is 255 g/mol. The van der Waals surface area contributed by atoms with Crippen LogP contribution < -0.4 is 10.6 Å². The number of likely N-dealkylation sites (tertiary alicyclic amines) is 1. The first kappa shape index (κ1) is 15.4. The van der Waals surface area contributed by atoms with Crippen LogP contribution in [0.15, 0.2) is 0 Å². The standard InChI is InChI=1S/C14H29N3O/c1-11(2)9-12(3)16-13-5-7-17(8-6-13)10-14(18)15-4/h11-13,16H,5-10H2,1-4H3,(H,15,18). The number of rotatable bonds is 6. The third-order valence-corrected chi connectivity index (χ3v) is 3.58. The highest BCUT2D eigenvalue weighted by Crippen LogP contribution is 2.12. The summed E-state index contributed by atoms with van der Waals surface area (Å²) in [5.74, 6) is 0.871. The highest BCUT2D eigenvalue weighted by Gasteiger charge is 2.21. The van der Waals surface area contributed by atoms with Gasteiger partial charge in [-0.3, -0.25) is 9.69 Å². The van der Waals surface area contributed by atoms with E-state index in [0.717, 1.165) is 31.8 Å². The van der Waals surface area contributed by atoms with E-state index in [1.165, 1.54) is 6.42 Å². The number of carbonyl (C=O) groups excluding carboxylic acids is 1. The van der Waals surface area contributed by atoms with E-state index in [0.29, 0.717) is 18.6 Å². The molecule has 1 unspecified atom stereocenters. The Hall–Kier alpha value is -0.610. The van der Waals surface area contributed by atoms with Crippen LogP contribution in [0, 0.1) is 5.92 Å². The van der Waals surface area contributed by atoms with Crippen molar-refractivity contribution in [2.75, 3.05) is 26.7 Å². The molecular weight excluding hydrogens is 226 g/mol. The molecule has 0 aromatic rings. The molecule has 18 heavy (non-hydrogen) atoms. The minimum absolute atomic E-state index is 0.120. The minimum Gasteiger partial charge on any atom is -0.358 e. The normalized spacial score (nSPS) is 20.1. The number of nitrogens with zero attached hydrogens (tertiary/aromatic N) is 1. The van der Waals surface area contributed by atoms with Crippen molar-refractivity contribution in [3.05, 3.63) is 0 Å². The number of amides is 1. The van der Waals surface area contributed by atoms with Gasteiger partial charge in [-0.05, 0) is 32.1 Å². The maximum absolute atomic E-state index is 11.3. The van der Waals surface area contributed by atoms with Crippen LogP contribution in [0.5, 0.6) is 0 Å². The molecule has 1 amide bonds. The molecule has 0 aliphatic carbocycles. The molecule has 4 nitrogen and oxygen atoms in total. The van der Waals surface area contributed by atoms with E-state index in [2.05, 4.69) is 36.3 Å². The van der Waals surface area contributed by atoms with Crippen LogP contribution in [0.1, 0.15) is 40.0 Å². The lowest BCUT2D eigenvalue weighted by Crippen LogP contribution is -2.47. The van der Waals surface area contributed by atoms with Gasteiger partial charge in [0, 0.05) is 32.2 Å². The molecule has 4 heteroatoms. The Balaban J connectivity index is 2.20. The summed E-state index contributed by atoms with van der Waals surface area (Å²) in [5, 5.41) is 6.39.